The molecule has 5 heteroatoms. The average Bonchev–Trinajstić information content (AvgIpc) is 2.67. The molecule has 1 amide bonds. The maximum atomic E-state index is 12.1. The lowest BCUT2D eigenvalue weighted by molar-refractivity contribution is -0.122. The van der Waals surface area contributed by atoms with Gasteiger partial charge in [0.05, 0.1) is 12.8 Å². The summed E-state index contributed by atoms with van der Waals surface area (Å²) in [7, 11) is 0. The summed E-state index contributed by atoms with van der Waals surface area (Å²) < 4.78 is 0. The van der Waals surface area contributed by atoms with E-state index in [4.69, 9.17) is 0 Å². The van der Waals surface area contributed by atoms with Crippen molar-refractivity contribution in [1.29, 1.82) is 0 Å². The zero-order valence-electron chi connectivity index (χ0n) is 16.2. The Balaban J connectivity index is 1.37. The van der Waals surface area contributed by atoms with Crippen LogP contribution in [0.5, 0.6) is 0 Å². The molecule has 27 heavy (non-hydrogen) atoms. The first kappa shape index (κ1) is 19.3. The highest BCUT2D eigenvalue weighted by molar-refractivity contribution is 5.83. The predicted octanol–water partition coefficient (Wildman–Crippen LogP) is 2.57. The lowest BCUT2D eigenvalue weighted by Gasteiger charge is -2.34. The SMILES string of the molecule is Cc1ccc(/C=N/NC(=O)CN2CCN(Cc3ccc(C)cc3)CC2)cc1. The third-order valence-corrected chi connectivity index (χ3v) is 4.84. The Morgan fingerprint density at radius 3 is 2.11 bits per heavy atom. The van der Waals surface area contributed by atoms with Gasteiger partial charge in [0.25, 0.3) is 5.91 Å². The molecule has 2 aromatic rings. The Morgan fingerprint density at radius 2 is 1.48 bits per heavy atom. The zero-order chi connectivity index (χ0) is 19.1. The van der Waals surface area contributed by atoms with Crippen LogP contribution in [0.4, 0.5) is 0 Å². The van der Waals surface area contributed by atoms with Crippen molar-refractivity contribution in [3.05, 3.63) is 70.8 Å². The van der Waals surface area contributed by atoms with Crippen molar-refractivity contribution in [2.24, 2.45) is 5.10 Å². The first-order chi connectivity index (χ1) is 13.1. The highest BCUT2D eigenvalue weighted by Crippen LogP contribution is 2.09. The van der Waals surface area contributed by atoms with Crippen molar-refractivity contribution in [1.82, 2.24) is 15.2 Å². The van der Waals surface area contributed by atoms with Gasteiger partial charge in [0.1, 0.15) is 0 Å². The second kappa shape index (κ2) is 9.44. The van der Waals surface area contributed by atoms with E-state index in [1.54, 1.807) is 6.21 Å². The number of benzene rings is 2. The smallest absolute Gasteiger partial charge is 0.254 e. The van der Waals surface area contributed by atoms with Crippen LogP contribution < -0.4 is 5.43 Å². The summed E-state index contributed by atoms with van der Waals surface area (Å²) in [5.41, 5.74) is 7.44. The van der Waals surface area contributed by atoms with Crippen molar-refractivity contribution in [2.75, 3.05) is 32.7 Å². The van der Waals surface area contributed by atoms with E-state index in [2.05, 4.69) is 51.5 Å². The molecule has 5 nitrogen and oxygen atoms in total. The fourth-order valence-electron chi connectivity index (χ4n) is 3.13. The summed E-state index contributed by atoms with van der Waals surface area (Å²) in [6.07, 6.45) is 1.68. The predicted molar refractivity (Wildman–Crippen MR) is 110 cm³/mol. The number of piperazine rings is 1. The van der Waals surface area contributed by atoms with Crippen molar-refractivity contribution in [3.63, 3.8) is 0 Å². The molecule has 0 aliphatic carbocycles. The third kappa shape index (κ3) is 6.31. The van der Waals surface area contributed by atoms with Crippen LogP contribution in [-0.2, 0) is 11.3 Å². The Labute approximate surface area is 161 Å². The molecule has 0 spiro atoms. The maximum Gasteiger partial charge on any atom is 0.254 e. The van der Waals surface area contributed by atoms with Gasteiger partial charge in [-0.25, -0.2) is 5.43 Å². The highest BCUT2D eigenvalue weighted by atomic mass is 16.2. The molecule has 0 aromatic heterocycles. The van der Waals surface area contributed by atoms with Gasteiger partial charge in [-0.1, -0.05) is 59.7 Å². The lowest BCUT2D eigenvalue weighted by atomic mass is 10.1. The standard InChI is InChI=1S/C22H28N4O/c1-18-3-7-20(8-4-18)15-23-24-22(27)17-26-13-11-25(12-14-26)16-21-9-5-19(2)6-10-21/h3-10,15H,11-14,16-17H2,1-2H3,(H,24,27)/b23-15+. The summed E-state index contributed by atoms with van der Waals surface area (Å²) in [5, 5.41) is 4.05. The molecule has 1 N–H and O–H groups in total. The molecule has 1 heterocycles. The van der Waals surface area contributed by atoms with Crippen LogP contribution in [0.1, 0.15) is 22.3 Å². The largest absolute Gasteiger partial charge is 0.297 e. The van der Waals surface area contributed by atoms with Gasteiger partial charge >= 0.3 is 0 Å². The van der Waals surface area contributed by atoms with E-state index in [9.17, 15) is 4.79 Å². The summed E-state index contributed by atoms with van der Waals surface area (Å²) in [6, 6.07) is 16.7. The molecule has 0 unspecified atom stereocenters. The fourth-order valence-corrected chi connectivity index (χ4v) is 3.13. The van der Waals surface area contributed by atoms with E-state index in [1.807, 2.05) is 31.2 Å². The molecule has 1 aliphatic rings. The zero-order valence-corrected chi connectivity index (χ0v) is 16.2. The summed E-state index contributed by atoms with van der Waals surface area (Å²) >= 11 is 0. The summed E-state index contributed by atoms with van der Waals surface area (Å²) in [4.78, 5) is 16.7. The van der Waals surface area contributed by atoms with Crippen LogP contribution in [-0.4, -0.2) is 54.6 Å². The number of aryl methyl sites for hydroxylation is 2. The van der Waals surface area contributed by atoms with Gasteiger partial charge in [-0.05, 0) is 25.0 Å². The molecule has 142 valence electrons. The monoisotopic (exact) mass is 364 g/mol. The number of carbonyl (C=O) groups excluding carboxylic acids is 1. The number of hydrogen-bond acceptors (Lipinski definition) is 4. The van der Waals surface area contributed by atoms with Crippen LogP contribution in [0.25, 0.3) is 0 Å². The fraction of sp³-hybridized carbons (Fsp3) is 0.364. The summed E-state index contributed by atoms with van der Waals surface area (Å²) in [5.74, 6) is -0.0645. The van der Waals surface area contributed by atoms with E-state index in [0.29, 0.717) is 6.54 Å². The van der Waals surface area contributed by atoms with Gasteiger partial charge in [-0.2, -0.15) is 5.10 Å². The average molecular weight is 364 g/mol. The normalized spacial score (nSPS) is 15.9. The number of carbonyl (C=O) groups is 1. The second-order valence-electron chi connectivity index (χ2n) is 7.24. The Morgan fingerprint density at radius 1 is 0.926 bits per heavy atom. The number of nitrogens with zero attached hydrogens (tertiary/aromatic N) is 3. The van der Waals surface area contributed by atoms with Crippen LogP contribution in [0.15, 0.2) is 53.6 Å². The van der Waals surface area contributed by atoms with Crippen molar-refractivity contribution in [3.8, 4) is 0 Å². The molecule has 0 radical (unpaired) electrons. The number of hydrogen-bond donors (Lipinski definition) is 1. The Kier molecular flexibility index (Phi) is 6.74. The topological polar surface area (TPSA) is 47.9 Å². The van der Waals surface area contributed by atoms with E-state index < -0.39 is 0 Å². The van der Waals surface area contributed by atoms with Crippen molar-refractivity contribution in [2.45, 2.75) is 20.4 Å². The highest BCUT2D eigenvalue weighted by Gasteiger charge is 2.18. The van der Waals surface area contributed by atoms with Gasteiger partial charge in [0.15, 0.2) is 0 Å². The number of hydrazone groups is 1. The molecule has 1 fully saturated rings. The Bertz CT molecular complexity index is 760. The number of nitrogens with one attached hydrogen (secondary N) is 1. The third-order valence-electron chi connectivity index (χ3n) is 4.84. The van der Waals surface area contributed by atoms with E-state index >= 15 is 0 Å². The molecular formula is C22H28N4O. The minimum atomic E-state index is -0.0645. The van der Waals surface area contributed by atoms with Crippen molar-refractivity contribution < 1.29 is 4.79 Å². The minimum absolute atomic E-state index is 0.0645. The van der Waals surface area contributed by atoms with Crippen molar-refractivity contribution >= 4 is 12.1 Å². The maximum absolute atomic E-state index is 12.1. The van der Waals surface area contributed by atoms with Gasteiger partial charge in [-0.15, -0.1) is 0 Å². The summed E-state index contributed by atoms with van der Waals surface area (Å²) in [6.45, 7) is 9.29. The minimum Gasteiger partial charge on any atom is -0.297 e. The van der Waals surface area contributed by atoms with E-state index in [1.165, 1.54) is 16.7 Å². The van der Waals surface area contributed by atoms with Gasteiger partial charge < -0.3 is 0 Å². The molecule has 1 aliphatic heterocycles. The van der Waals surface area contributed by atoms with Crippen LogP contribution in [0.3, 0.4) is 0 Å². The molecule has 1 saturated heterocycles. The van der Waals surface area contributed by atoms with Gasteiger partial charge in [-0.3, -0.25) is 14.6 Å². The lowest BCUT2D eigenvalue weighted by Crippen LogP contribution is -2.48. The van der Waals surface area contributed by atoms with E-state index in [-0.39, 0.29) is 5.91 Å². The van der Waals surface area contributed by atoms with Gasteiger partial charge in [0.2, 0.25) is 0 Å². The van der Waals surface area contributed by atoms with Crippen LogP contribution >= 0.6 is 0 Å². The molecule has 0 atom stereocenters. The number of rotatable bonds is 6. The molecule has 0 saturated carbocycles. The molecule has 3 rings (SSSR count). The first-order valence-corrected chi connectivity index (χ1v) is 9.47. The van der Waals surface area contributed by atoms with Crippen LogP contribution in [0.2, 0.25) is 0 Å². The first-order valence-electron chi connectivity index (χ1n) is 9.47. The van der Waals surface area contributed by atoms with Gasteiger partial charge in [0, 0.05) is 32.7 Å². The second-order valence-corrected chi connectivity index (χ2v) is 7.24. The quantitative estimate of drug-likeness (QED) is 0.633. The Hall–Kier alpha value is -2.50. The number of amides is 1. The van der Waals surface area contributed by atoms with Crippen LogP contribution in [0, 0.1) is 13.8 Å². The molecule has 2 aromatic carbocycles. The van der Waals surface area contributed by atoms with E-state index in [0.717, 1.165) is 38.3 Å². The molecular weight excluding hydrogens is 336 g/mol. The molecule has 0 bridgehead atoms.